The van der Waals surface area contributed by atoms with Gasteiger partial charge in [0, 0.05) is 32.7 Å². The molecule has 8 heteroatoms. The number of benzene rings is 2. The first-order valence-corrected chi connectivity index (χ1v) is 21.5. The highest BCUT2D eigenvalue weighted by Gasteiger charge is 2.15. The molecule has 0 amide bonds. The van der Waals surface area contributed by atoms with Crippen LogP contribution in [-0.4, -0.2) is 85.8 Å². The van der Waals surface area contributed by atoms with Crippen LogP contribution in [0, 0.1) is 0 Å². The first-order valence-electron chi connectivity index (χ1n) is 21.5. The number of hydrogen-bond acceptors (Lipinski definition) is 8. The Labute approximate surface area is 324 Å². The van der Waals surface area contributed by atoms with Crippen LogP contribution in [0.5, 0.6) is 23.0 Å². The van der Waals surface area contributed by atoms with Crippen molar-refractivity contribution in [1.29, 1.82) is 0 Å². The van der Waals surface area contributed by atoms with Crippen LogP contribution in [0.25, 0.3) is 0 Å². The minimum atomic E-state index is 0.0895. The maximum Gasteiger partial charge on any atom is 0.161 e. The third kappa shape index (κ3) is 21.8. The third-order valence-corrected chi connectivity index (χ3v) is 9.63. The van der Waals surface area contributed by atoms with Crippen molar-refractivity contribution >= 4 is 0 Å². The van der Waals surface area contributed by atoms with Crippen LogP contribution in [0.1, 0.15) is 148 Å². The van der Waals surface area contributed by atoms with Gasteiger partial charge < -0.3 is 29.2 Å². The van der Waals surface area contributed by atoms with E-state index in [1.807, 2.05) is 0 Å². The van der Waals surface area contributed by atoms with E-state index in [2.05, 4.69) is 73.9 Å². The highest BCUT2D eigenvalue weighted by atomic mass is 16.5. The fourth-order valence-corrected chi connectivity index (χ4v) is 6.48. The van der Waals surface area contributed by atoms with Crippen molar-refractivity contribution in [2.75, 3.05) is 65.8 Å². The molecule has 2 rings (SSSR count). The number of aliphatic hydroxyl groups excluding tert-OH is 2. The number of nitrogens with zero attached hydrogens (tertiary/aromatic N) is 2. The number of rotatable bonds is 36. The highest BCUT2D eigenvalue weighted by Crippen LogP contribution is 2.32. The maximum atomic E-state index is 9.57. The fraction of sp³-hybridized carbons (Fsp3) is 0.733. The first kappa shape index (κ1) is 46.6. The molecule has 0 fully saturated rings. The van der Waals surface area contributed by atoms with E-state index in [9.17, 15) is 10.2 Å². The monoisotopic (exact) mass is 743 g/mol. The summed E-state index contributed by atoms with van der Waals surface area (Å²) in [7, 11) is 0. The van der Waals surface area contributed by atoms with Crippen LogP contribution in [-0.2, 0) is 13.1 Å². The summed E-state index contributed by atoms with van der Waals surface area (Å²) in [4.78, 5) is 4.61. The van der Waals surface area contributed by atoms with E-state index >= 15 is 0 Å². The molecule has 0 spiro atoms. The Hall–Kier alpha value is -2.52. The van der Waals surface area contributed by atoms with E-state index in [1.165, 1.54) is 88.2 Å². The molecule has 2 N–H and O–H groups in total. The van der Waals surface area contributed by atoms with E-state index in [-0.39, 0.29) is 13.2 Å². The van der Waals surface area contributed by atoms with E-state index in [4.69, 9.17) is 18.9 Å². The largest absolute Gasteiger partial charge is 0.490 e. The van der Waals surface area contributed by atoms with Gasteiger partial charge in [-0.2, -0.15) is 0 Å². The summed E-state index contributed by atoms with van der Waals surface area (Å²) in [5.41, 5.74) is 2.38. The van der Waals surface area contributed by atoms with E-state index in [0.29, 0.717) is 39.5 Å². The van der Waals surface area contributed by atoms with Crippen LogP contribution in [0.2, 0.25) is 0 Å². The summed E-state index contributed by atoms with van der Waals surface area (Å²) in [5.74, 6) is 3.35. The van der Waals surface area contributed by atoms with Gasteiger partial charge in [-0.25, -0.2) is 0 Å². The standard InChI is InChI=1S/C45H78N2O6/c1-5-9-13-17-32-50-42-24-22-40(36-44(42)52-34-19-15-11-7-3)38-47(27-21-26-46(28-30-48)29-31-49)39-41-23-25-43(51-33-18-14-10-6-2)45(37-41)53-35-20-16-12-8-4/h22-25,36-37,48-49H,5-21,26-35,38-39H2,1-4H3. The Balaban J connectivity index is 2.29. The predicted octanol–water partition coefficient (Wildman–Crippen LogP) is 10.2. The Morgan fingerprint density at radius 3 is 1.11 bits per heavy atom. The van der Waals surface area contributed by atoms with Crippen LogP contribution in [0.3, 0.4) is 0 Å². The summed E-state index contributed by atoms with van der Waals surface area (Å²) in [6.45, 7) is 16.2. The molecular weight excluding hydrogens is 665 g/mol. The van der Waals surface area contributed by atoms with Crippen molar-refractivity contribution < 1.29 is 29.2 Å². The lowest BCUT2D eigenvalue weighted by Crippen LogP contribution is -2.33. The van der Waals surface area contributed by atoms with Gasteiger partial charge in [0.1, 0.15) is 0 Å². The molecule has 0 aromatic heterocycles. The van der Waals surface area contributed by atoms with Crippen molar-refractivity contribution in [3.05, 3.63) is 47.5 Å². The van der Waals surface area contributed by atoms with Crippen molar-refractivity contribution in [2.24, 2.45) is 0 Å². The van der Waals surface area contributed by atoms with Crippen LogP contribution < -0.4 is 18.9 Å². The molecule has 0 atom stereocenters. The van der Waals surface area contributed by atoms with Crippen molar-refractivity contribution in [1.82, 2.24) is 9.80 Å². The molecule has 0 heterocycles. The molecule has 0 unspecified atom stereocenters. The third-order valence-electron chi connectivity index (χ3n) is 9.63. The highest BCUT2D eigenvalue weighted by molar-refractivity contribution is 5.44. The zero-order valence-electron chi connectivity index (χ0n) is 34.4. The molecule has 0 radical (unpaired) electrons. The Morgan fingerprint density at radius 1 is 0.396 bits per heavy atom. The Bertz CT molecular complexity index is 1060. The van der Waals surface area contributed by atoms with Gasteiger partial charge in [-0.05, 0) is 74.0 Å². The number of hydrogen-bond donors (Lipinski definition) is 2. The lowest BCUT2D eigenvalue weighted by molar-refractivity contribution is 0.151. The molecule has 2 aromatic carbocycles. The van der Waals surface area contributed by atoms with Crippen molar-refractivity contribution in [3.8, 4) is 23.0 Å². The van der Waals surface area contributed by atoms with Gasteiger partial charge in [0.15, 0.2) is 23.0 Å². The van der Waals surface area contributed by atoms with Gasteiger partial charge >= 0.3 is 0 Å². The normalized spacial score (nSPS) is 11.5. The number of unbranched alkanes of at least 4 members (excludes halogenated alkanes) is 12. The molecule has 53 heavy (non-hydrogen) atoms. The van der Waals surface area contributed by atoms with E-state index in [0.717, 1.165) is 81.3 Å². The minimum absolute atomic E-state index is 0.0895. The molecule has 0 aliphatic heterocycles. The quantitative estimate of drug-likeness (QED) is 0.0668. The number of ether oxygens (including phenoxy) is 4. The lowest BCUT2D eigenvalue weighted by Gasteiger charge is -2.26. The van der Waals surface area contributed by atoms with Gasteiger partial charge in [0.05, 0.1) is 39.6 Å². The van der Waals surface area contributed by atoms with Gasteiger partial charge in [-0.1, -0.05) is 117 Å². The summed E-state index contributed by atoms with van der Waals surface area (Å²) in [6.07, 6.45) is 19.6. The molecule has 0 aliphatic rings. The van der Waals surface area contributed by atoms with Gasteiger partial charge in [-0.3, -0.25) is 9.80 Å². The second-order valence-electron chi connectivity index (χ2n) is 14.6. The molecule has 0 aliphatic carbocycles. The van der Waals surface area contributed by atoms with Gasteiger partial charge in [0.25, 0.3) is 0 Å². The summed E-state index contributed by atoms with van der Waals surface area (Å²) in [5, 5.41) is 19.1. The molecule has 2 aromatic rings. The van der Waals surface area contributed by atoms with Gasteiger partial charge in [0.2, 0.25) is 0 Å². The SMILES string of the molecule is CCCCCCOc1ccc(CN(CCCN(CCO)CCO)Cc2ccc(OCCCCCC)c(OCCCCCC)c2)cc1OCCCCCC. The smallest absolute Gasteiger partial charge is 0.161 e. The summed E-state index contributed by atoms with van der Waals surface area (Å²) < 4.78 is 25.3. The summed E-state index contributed by atoms with van der Waals surface area (Å²) >= 11 is 0. The zero-order chi connectivity index (χ0) is 38.2. The molecule has 0 saturated heterocycles. The Morgan fingerprint density at radius 2 is 0.755 bits per heavy atom. The average Bonchev–Trinajstić information content (AvgIpc) is 3.16. The van der Waals surface area contributed by atoms with Crippen LogP contribution >= 0.6 is 0 Å². The second kappa shape index (κ2) is 31.8. The van der Waals surface area contributed by atoms with Gasteiger partial charge in [-0.15, -0.1) is 0 Å². The second-order valence-corrected chi connectivity index (χ2v) is 14.6. The molecular formula is C45H78N2O6. The first-order chi connectivity index (χ1) is 26.1. The molecule has 8 nitrogen and oxygen atoms in total. The van der Waals surface area contributed by atoms with Crippen molar-refractivity contribution in [2.45, 2.75) is 150 Å². The minimum Gasteiger partial charge on any atom is -0.490 e. The lowest BCUT2D eigenvalue weighted by atomic mass is 10.1. The zero-order valence-corrected chi connectivity index (χ0v) is 34.4. The fourth-order valence-electron chi connectivity index (χ4n) is 6.48. The van der Waals surface area contributed by atoms with Crippen LogP contribution in [0.15, 0.2) is 36.4 Å². The maximum absolute atomic E-state index is 9.57. The topological polar surface area (TPSA) is 83.9 Å². The molecule has 0 saturated carbocycles. The average molecular weight is 743 g/mol. The summed E-state index contributed by atoms with van der Waals surface area (Å²) in [6, 6.07) is 12.9. The predicted molar refractivity (Wildman–Crippen MR) is 221 cm³/mol. The van der Waals surface area contributed by atoms with E-state index in [1.54, 1.807) is 0 Å². The van der Waals surface area contributed by atoms with E-state index < -0.39 is 0 Å². The van der Waals surface area contributed by atoms with Crippen molar-refractivity contribution in [3.63, 3.8) is 0 Å². The molecule has 0 bridgehead atoms. The number of aliphatic hydroxyl groups is 2. The van der Waals surface area contributed by atoms with Crippen LogP contribution in [0.4, 0.5) is 0 Å². The Kier molecular flexibility index (Phi) is 28.0. The molecule has 304 valence electrons.